The van der Waals surface area contributed by atoms with Crippen LogP contribution in [0.5, 0.6) is 11.5 Å². The number of imidazole rings is 1. The van der Waals surface area contributed by atoms with Crippen LogP contribution in [0.2, 0.25) is 0 Å². The molecule has 0 radical (unpaired) electrons. The summed E-state index contributed by atoms with van der Waals surface area (Å²) in [5.74, 6) is 2.69. The van der Waals surface area contributed by atoms with E-state index in [1.165, 1.54) is 12.0 Å². The summed E-state index contributed by atoms with van der Waals surface area (Å²) >= 11 is 0. The quantitative estimate of drug-likeness (QED) is 0.669. The molecule has 1 saturated carbocycles. The first-order chi connectivity index (χ1) is 14.6. The highest BCUT2D eigenvalue weighted by molar-refractivity contribution is 5.43. The monoisotopic (exact) mass is 415 g/mol. The van der Waals surface area contributed by atoms with Gasteiger partial charge in [0.1, 0.15) is 18.0 Å². The predicted octanol–water partition coefficient (Wildman–Crippen LogP) is 2.57. The first-order valence-electron chi connectivity index (χ1n) is 10.8. The van der Waals surface area contributed by atoms with Crippen molar-refractivity contribution >= 4 is 0 Å². The van der Waals surface area contributed by atoms with E-state index in [9.17, 15) is 5.11 Å². The number of ether oxygens (including phenoxy) is 3. The molecule has 7 heteroatoms. The van der Waals surface area contributed by atoms with Gasteiger partial charge in [0.15, 0.2) is 11.5 Å². The van der Waals surface area contributed by atoms with Crippen molar-refractivity contribution in [3.05, 3.63) is 42.0 Å². The number of nitrogens with zero attached hydrogens (tertiary/aromatic N) is 3. The first kappa shape index (κ1) is 21.2. The van der Waals surface area contributed by atoms with Crippen LogP contribution in [0.1, 0.15) is 30.7 Å². The van der Waals surface area contributed by atoms with Crippen molar-refractivity contribution in [3.63, 3.8) is 0 Å². The van der Waals surface area contributed by atoms with E-state index < -0.39 is 5.60 Å². The fourth-order valence-electron chi connectivity index (χ4n) is 5.21. The van der Waals surface area contributed by atoms with Crippen molar-refractivity contribution in [1.29, 1.82) is 0 Å². The van der Waals surface area contributed by atoms with E-state index >= 15 is 0 Å². The minimum Gasteiger partial charge on any atom is -0.493 e. The van der Waals surface area contributed by atoms with Crippen LogP contribution in [0.4, 0.5) is 0 Å². The van der Waals surface area contributed by atoms with Gasteiger partial charge in [-0.3, -0.25) is 4.90 Å². The molecule has 1 saturated heterocycles. The van der Waals surface area contributed by atoms with Gasteiger partial charge in [-0.15, -0.1) is 0 Å². The van der Waals surface area contributed by atoms with Gasteiger partial charge in [-0.05, 0) is 30.5 Å². The summed E-state index contributed by atoms with van der Waals surface area (Å²) in [6.07, 6.45) is 6.96. The first-order valence-corrected chi connectivity index (χ1v) is 10.8. The van der Waals surface area contributed by atoms with Gasteiger partial charge in [0, 0.05) is 58.0 Å². The average Bonchev–Trinajstić information content (AvgIpc) is 3.16. The van der Waals surface area contributed by atoms with E-state index in [2.05, 4.69) is 22.0 Å². The smallest absolute Gasteiger partial charge is 0.161 e. The molecule has 1 N–H and O–H groups in total. The SMILES string of the molecule is COCCOc1ccc(CN2CC3CCCC(C2)C3(O)c2nccn2C)cc1OC. The largest absolute Gasteiger partial charge is 0.493 e. The summed E-state index contributed by atoms with van der Waals surface area (Å²) in [6.45, 7) is 3.61. The third kappa shape index (κ3) is 3.94. The highest BCUT2D eigenvalue weighted by atomic mass is 16.5. The number of aromatic nitrogens is 2. The number of aliphatic hydroxyl groups is 1. The Morgan fingerprint density at radius 1 is 1.13 bits per heavy atom. The zero-order valence-corrected chi connectivity index (χ0v) is 18.2. The zero-order chi connectivity index (χ0) is 21.1. The lowest BCUT2D eigenvalue weighted by Crippen LogP contribution is -2.58. The maximum Gasteiger partial charge on any atom is 0.161 e. The summed E-state index contributed by atoms with van der Waals surface area (Å²) in [6, 6.07) is 6.12. The second-order valence-corrected chi connectivity index (χ2v) is 8.53. The lowest BCUT2D eigenvalue weighted by Gasteiger charge is -2.52. The molecule has 30 heavy (non-hydrogen) atoms. The van der Waals surface area contributed by atoms with E-state index in [-0.39, 0.29) is 11.8 Å². The van der Waals surface area contributed by atoms with Gasteiger partial charge in [-0.25, -0.2) is 4.98 Å². The minimum atomic E-state index is -0.830. The molecule has 164 valence electrons. The van der Waals surface area contributed by atoms with Gasteiger partial charge in [0.25, 0.3) is 0 Å². The maximum atomic E-state index is 11.7. The molecule has 2 unspecified atom stereocenters. The molecule has 2 aromatic rings. The molecule has 2 bridgehead atoms. The number of piperidine rings is 1. The molecule has 1 aromatic heterocycles. The normalized spacial score (nSPS) is 26.5. The molecule has 1 aromatic carbocycles. The van der Waals surface area contributed by atoms with Crippen molar-refractivity contribution in [2.24, 2.45) is 18.9 Å². The molecule has 1 aliphatic carbocycles. The standard InChI is InChI=1S/C23H33N3O4/c1-25-10-9-24-22(25)23(27)18-5-4-6-19(23)16-26(15-18)14-17-7-8-20(21(13-17)29-3)30-12-11-28-2/h7-10,13,18-19,27H,4-6,11-12,14-16H2,1-3H3. The van der Waals surface area contributed by atoms with Crippen LogP contribution in [0.3, 0.4) is 0 Å². The van der Waals surface area contributed by atoms with Crippen LogP contribution in [0.15, 0.2) is 30.6 Å². The molecule has 4 rings (SSSR count). The van der Waals surface area contributed by atoms with Crippen molar-refractivity contribution in [2.45, 2.75) is 31.4 Å². The topological polar surface area (TPSA) is 69.0 Å². The molecule has 7 nitrogen and oxygen atoms in total. The number of hydrogen-bond acceptors (Lipinski definition) is 6. The molecular weight excluding hydrogens is 382 g/mol. The Bertz CT molecular complexity index is 839. The molecule has 1 aliphatic heterocycles. The lowest BCUT2D eigenvalue weighted by atomic mass is 9.65. The van der Waals surface area contributed by atoms with Crippen molar-refractivity contribution in [3.8, 4) is 11.5 Å². The highest BCUT2D eigenvalue weighted by Crippen LogP contribution is 2.48. The van der Waals surface area contributed by atoms with E-state index in [4.69, 9.17) is 14.2 Å². The van der Waals surface area contributed by atoms with Crippen molar-refractivity contribution in [1.82, 2.24) is 14.5 Å². The second kappa shape index (κ2) is 8.96. The summed E-state index contributed by atoms with van der Waals surface area (Å²) < 4.78 is 18.3. The molecule has 2 aliphatic rings. The van der Waals surface area contributed by atoms with Crippen LogP contribution >= 0.6 is 0 Å². The van der Waals surface area contributed by atoms with Gasteiger partial charge < -0.3 is 23.9 Å². The van der Waals surface area contributed by atoms with Gasteiger partial charge in [0.05, 0.1) is 13.7 Å². The van der Waals surface area contributed by atoms with Crippen LogP contribution in [0.25, 0.3) is 0 Å². The molecule has 0 spiro atoms. The Morgan fingerprint density at radius 3 is 2.53 bits per heavy atom. The third-order valence-electron chi connectivity index (χ3n) is 6.67. The second-order valence-electron chi connectivity index (χ2n) is 8.53. The summed E-state index contributed by atoms with van der Waals surface area (Å²) in [5.41, 5.74) is 0.357. The molecular formula is C23H33N3O4. The maximum absolute atomic E-state index is 11.7. The lowest BCUT2D eigenvalue weighted by molar-refractivity contribution is -0.155. The van der Waals surface area contributed by atoms with Crippen molar-refractivity contribution < 1.29 is 19.3 Å². The Hall–Kier alpha value is -2.09. The minimum absolute atomic E-state index is 0.199. The fraction of sp³-hybridized carbons (Fsp3) is 0.609. The molecule has 0 amide bonds. The Morgan fingerprint density at radius 2 is 1.90 bits per heavy atom. The number of methoxy groups -OCH3 is 2. The molecule has 2 fully saturated rings. The van der Waals surface area contributed by atoms with Gasteiger partial charge in [-0.1, -0.05) is 12.5 Å². The van der Waals surface area contributed by atoms with Gasteiger partial charge in [-0.2, -0.15) is 0 Å². The van der Waals surface area contributed by atoms with E-state index in [0.29, 0.717) is 13.2 Å². The third-order valence-corrected chi connectivity index (χ3v) is 6.67. The van der Waals surface area contributed by atoms with Crippen LogP contribution in [-0.2, 0) is 23.9 Å². The predicted molar refractivity (Wildman–Crippen MR) is 114 cm³/mol. The van der Waals surface area contributed by atoms with E-state index in [1.54, 1.807) is 20.4 Å². The Labute approximate surface area is 178 Å². The van der Waals surface area contributed by atoms with Gasteiger partial charge in [0.2, 0.25) is 0 Å². The van der Waals surface area contributed by atoms with E-state index in [0.717, 1.165) is 49.8 Å². The number of rotatable bonds is 8. The number of hydrogen-bond donors (Lipinski definition) is 1. The Balaban J connectivity index is 1.48. The van der Waals surface area contributed by atoms with Crippen LogP contribution < -0.4 is 9.47 Å². The molecule has 2 heterocycles. The zero-order valence-electron chi connectivity index (χ0n) is 18.2. The van der Waals surface area contributed by atoms with Crippen molar-refractivity contribution in [2.75, 3.05) is 40.5 Å². The average molecular weight is 416 g/mol. The number of aryl methyl sites for hydroxylation is 1. The van der Waals surface area contributed by atoms with Crippen LogP contribution in [0, 0.1) is 11.8 Å². The fourth-order valence-corrected chi connectivity index (χ4v) is 5.21. The number of fused-ring (bicyclic) bond motifs is 2. The van der Waals surface area contributed by atoms with Gasteiger partial charge >= 0.3 is 0 Å². The summed E-state index contributed by atoms with van der Waals surface area (Å²) in [4.78, 5) is 6.99. The Kier molecular flexibility index (Phi) is 6.32. The molecule has 2 atom stereocenters. The summed E-state index contributed by atoms with van der Waals surface area (Å²) in [7, 11) is 5.30. The van der Waals surface area contributed by atoms with Crippen LogP contribution in [-0.4, -0.2) is 60.1 Å². The van der Waals surface area contributed by atoms with E-state index in [1.807, 2.05) is 23.9 Å². The number of benzene rings is 1. The number of likely N-dealkylation sites (tertiary alicyclic amines) is 1. The summed E-state index contributed by atoms with van der Waals surface area (Å²) in [5, 5.41) is 11.7. The highest BCUT2D eigenvalue weighted by Gasteiger charge is 2.53.